The molecule has 226 valence electrons. The largest absolute Gasteiger partial charge is 0.399 e. The highest BCUT2D eigenvalue weighted by atomic mass is 32.2. The lowest BCUT2D eigenvalue weighted by molar-refractivity contribution is 0.596. The molecular weight excluding hydrogens is 578 g/mol. The Labute approximate surface area is 268 Å². The Kier molecular flexibility index (Phi) is 7.99. The van der Waals surface area contributed by atoms with E-state index < -0.39 is 9.84 Å². The third-order valence-electron chi connectivity index (χ3n) is 9.68. The molecule has 0 fully saturated rings. The van der Waals surface area contributed by atoms with Gasteiger partial charge in [0.25, 0.3) is 0 Å². The van der Waals surface area contributed by atoms with Crippen LogP contribution >= 0.6 is 11.8 Å². The number of nitrogens with two attached hydrogens (primary N) is 2. The molecule has 0 amide bonds. The van der Waals surface area contributed by atoms with Crippen LogP contribution in [0.4, 0.5) is 11.4 Å². The lowest BCUT2D eigenvalue weighted by Gasteiger charge is -2.32. The first-order valence-corrected chi connectivity index (χ1v) is 18.1. The van der Waals surface area contributed by atoms with Crippen molar-refractivity contribution in [1.29, 1.82) is 0 Å². The van der Waals surface area contributed by atoms with Crippen molar-refractivity contribution >= 4 is 68.3 Å². The lowest BCUT2D eigenvalue weighted by Crippen LogP contribution is -2.53. The summed E-state index contributed by atoms with van der Waals surface area (Å²) in [5, 5.41) is 0. The summed E-state index contributed by atoms with van der Waals surface area (Å²) in [5.41, 5.74) is 23.0. The third-order valence-corrected chi connectivity index (χ3v) is 12.7. The van der Waals surface area contributed by atoms with Crippen LogP contribution < -0.4 is 33.3 Å². The number of anilines is 2. The molecule has 2 heterocycles. The maximum atomic E-state index is 13.7. The third kappa shape index (κ3) is 4.89. The maximum absolute atomic E-state index is 13.7. The molecule has 0 saturated heterocycles. The number of hydrogen-bond acceptors (Lipinski definition) is 5. The van der Waals surface area contributed by atoms with Crippen LogP contribution in [0, 0.1) is 0 Å². The van der Waals surface area contributed by atoms with E-state index in [-0.39, 0.29) is 25.2 Å². The number of nitrogen functional groups attached to an aromatic ring is 2. The van der Waals surface area contributed by atoms with Crippen molar-refractivity contribution in [3.63, 3.8) is 0 Å². The molecule has 4 aromatic rings. The van der Waals surface area contributed by atoms with Crippen molar-refractivity contribution in [2.45, 2.75) is 97.9 Å². The molecule has 1 unspecified atom stereocenters. The molecule has 0 spiro atoms. The Balaban J connectivity index is 1.36. The molecule has 0 saturated carbocycles. The van der Waals surface area contributed by atoms with Gasteiger partial charge in [-0.25, -0.2) is 8.42 Å². The van der Waals surface area contributed by atoms with E-state index in [4.69, 9.17) is 11.5 Å². The summed E-state index contributed by atoms with van der Waals surface area (Å²) < 4.78 is 27.4. The number of fused-ring (bicyclic) bond motifs is 4. The summed E-state index contributed by atoms with van der Waals surface area (Å²) in [6.07, 6.45) is 0.806. The fraction of sp³-hybridized carbons (Fsp3) is 0.333. The molecule has 6 rings (SSSR count). The van der Waals surface area contributed by atoms with Gasteiger partial charge in [-0.2, -0.15) is 0 Å². The Hall–Kier alpha value is -3.09. The molecule has 8 heteroatoms. The monoisotopic (exact) mass is 620 g/mol. The van der Waals surface area contributed by atoms with E-state index >= 15 is 0 Å². The van der Waals surface area contributed by atoms with Gasteiger partial charge >= 0.3 is 0 Å². The number of benzene rings is 4. The van der Waals surface area contributed by atoms with E-state index in [1.54, 1.807) is 18.2 Å². The summed E-state index contributed by atoms with van der Waals surface area (Å²) in [6, 6.07) is 22.5. The molecule has 4 nitrogen and oxygen atoms in total. The van der Waals surface area contributed by atoms with Crippen LogP contribution in [0.5, 0.6) is 0 Å². The Bertz CT molecular complexity index is 1890. The highest BCUT2D eigenvalue weighted by Gasteiger charge is 2.41. The van der Waals surface area contributed by atoms with Crippen LogP contribution in [0.15, 0.2) is 86.3 Å². The molecule has 0 radical (unpaired) electrons. The van der Waals surface area contributed by atoms with Crippen LogP contribution in [0.3, 0.4) is 0 Å². The molecule has 4 aromatic carbocycles. The Morgan fingerprint density at radius 2 is 1.32 bits per heavy atom. The first kappa shape index (κ1) is 30.9. The van der Waals surface area contributed by atoms with Gasteiger partial charge in [0.05, 0.1) is 9.79 Å². The van der Waals surface area contributed by atoms with Crippen LogP contribution in [-0.4, -0.2) is 21.8 Å². The van der Waals surface area contributed by atoms with E-state index in [0.29, 0.717) is 27.2 Å². The molecule has 0 bridgehead atoms. The zero-order valence-corrected chi connectivity index (χ0v) is 28.4. The number of hydrogen-bond donors (Lipinski definition) is 2. The van der Waals surface area contributed by atoms with Gasteiger partial charge < -0.3 is 11.5 Å². The van der Waals surface area contributed by atoms with Gasteiger partial charge in [0, 0.05) is 21.2 Å². The molecular formula is C36H42B2N2O2S2. The second-order valence-corrected chi connectivity index (χ2v) is 16.6. The normalized spacial score (nSPS) is 15.7. The average Bonchev–Trinajstić information content (AvgIpc) is 2.96. The second kappa shape index (κ2) is 11.4. The van der Waals surface area contributed by atoms with Gasteiger partial charge in [-0.1, -0.05) is 125 Å². The van der Waals surface area contributed by atoms with Crippen molar-refractivity contribution < 1.29 is 8.42 Å². The van der Waals surface area contributed by atoms with Gasteiger partial charge in [-0.15, -0.1) is 0 Å². The summed E-state index contributed by atoms with van der Waals surface area (Å²) in [4.78, 5) is 3.30. The fourth-order valence-corrected chi connectivity index (χ4v) is 10.6. The van der Waals surface area contributed by atoms with E-state index in [1.165, 1.54) is 31.8 Å². The molecule has 4 N–H and O–H groups in total. The Morgan fingerprint density at radius 1 is 0.682 bits per heavy atom. The highest BCUT2D eigenvalue weighted by molar-refractivity contribution is 8.00. The molecule has 2 aliphatic heterocycles. The number of rotatable bonds is 6. The molecule has 0 aliphatic carbocycles. The van der Waals surface area contributed by atoms with Gasteiger partial charge in [-0.3, -0.25) is 0 Å². The summed E-state index contributed by atoms with van der Waals surface area (Å²) in [7, 11) is -3.64. The fourth-order valence-electron chi connectivity index (χ4n) is 7.59. The summed E-state index contributed by atoms with van der Waals surface area (Å²) in [5.74, 6) is 1.09. The van der Waals surface area contributed by atoms with Gasteiger partial charge in [0.2, 0.25) is 23.3 Å². The minimum Gasteiger partial charge on any atom is -0.399 e. The van der Waals surface area contributed by atoms with Crippen molar-refractivity contribution in [3.05, 3.63) is 83.4 Å². The minimum atomic E-state index is -3.64. The van der Waals surface area contributed by atoms with Crippen molar-refractivity contribution in [2.75, 3.05) is 11.5 Å². The van der Waals surface area contributed by atoms with Gasteiger partial charge in [0.15, 0.2) is 0 Å². The van der Waals surface area contributed by atoms with Crippen molar-refractivity contribution in [3.8, 4) is 0 Å². The molecule has 1 atom stereocenters. The predicted octanol–water partition coefficient (Wildman–Crippen LogP) is 5.97. The average molecular weight is 621 g/mol. The van der Waals surface area contributed by atoms with E-state index in [2.05, 4.69) is 78.8 Å². The second-order valence-electron chi connectivity index (χ2n) is 13.7. The van der Waals surface area contributed by atoms with Crippen LogP contribution in [0.1, 0.15) is 77.0 Å². The summed E-state index contributed by atoms with van der Waals surface area (Å²) >= 11 is 1.82. The zero-order chi connectivity index (χ0) is 31.7. The van der Waals surface area contributed by atoms with E-state index in [1.807, 2.05) is 30.0 Å². The summed E-state index contributed by atoms with van der Waals surface area (Å²) in [6.45, 7) is 15.6. The number of sulfone groups is 1. The smallest absolute Gasteiger partial charge is 0.218 e. The molecule has 44 heavy (non-hydrogen) atoms. The lowest BCUT2D eigenvalue weighted by atomic mass is 9.33. The standard InChI is InChI=1S/C36H42B2N2O2S2/c1-20(2)25-13-16-29-33(35(25)39)37(21(3)4)27-15-12-24(19-30(27)43-29)18-23(7)26-14-17-32-34(36(26)40)38(22(5)6)28-10-8-9-11-31(28)44(32,41)42/h8-17,19-23H,18,39-40H2,1-7H3. The predicted molar refractivity (Wildman–Crippen MR) is 191 cm³/mol. The van der Waals surface area contributed by atoms with Crippen LogP contribution in [0.2, 0.25) is 11.6 Å². The zero-order valence-electron chi connectivity index (χ0n) is 26.8. The first-order chi connectivity index (χ1) is 20.8. The Morgan fingerprint density at radius 3 is 2.00 bits per heavy atom. The SMILES string of the molecule is CC(C)B1c2ccc(CC(C)c3ccc4c(c3N)B(C(C)C)c3ccccc3S4(=O)=O)cc2Sc2ccc(C(C)C)c(N)c21. The van der Waals surface area contributed by atoms with Gasteiger partial charge in [0.1, 0.15) is 0 Å². The van der Waals surface area contributed by atoms with Crippen LogP contribution in [-0.2, 0) is 16.3 Å². The van der Waals surface area contributed by atoms with Crippen molar-refractivity contribution in [1.82, 2.24) is 0 Å². The van der Waals surface area contributed by atoms with E-state index in [0.717, 1.165) is 28.6 Å². The first-order valence-electron chi connectivity index (χ1n) is 15.8. The molecule has 0 aromatic heterocycles. The topological polar surface area (TPSA) is 86.2 Å². The maximum Gasteiger partial charge on any atom is 0.218 e. The molecule has 2 aliphatic rings. The quantitative estimate of drug-likeness (QED) is 0.205. The minimum absolute atomic E-state index is 0.0753. The van der Waals surface area contributed by atoms with E-state index in [9.17, 15) is 8.42 Å². The van der Waals surface area contributed by atoms with Gasteiger partial charge in [-0.05, 0) is 70.1 Å². The van der Waals surface area contributed by atoms with Crippen molar-refractivity contribution in [2.24, 2.45) is 0 Å². The highest BCUT2D eigenvalue weighted by Crippen LogP contribution is 2.38. The van der Waals surface area contributed by atoms with Crippen LogP contribution in [0.25, 0.3) is 0 Å².